The number of hydrogen-bond acceptors (Lipinski definition) is 5. The lowest BCUT2D eigenvalue weighted by Crippen LogP contribution is -2.14. The quantitative estimate of drug-likeness (QED) is 0.614. The van der Waals surface area contributed by atoms with Gasteiger partial charge in [-0.1, -0.05) is 0 Å². The topological polar surface area (TPSA) is 72.5 Å². The first-order chi connectivity index (χ1) is 13.5. The van der Waals surface area contributed by atoms with Crippen molar-refractivity contribution in [2.45, 2.75) is 20.0 Å². The molecule has 0 aliphatic rings. The summed E-state index contributed by atoms with van der Waals surface area (Å²) >= 11 is 0. The third-order valence-corrected chi connectivity index (χ3v) is 3.86. The Bertz CT molecular complexity index is 923. The van der Waals surface area contributed by atoms with Gasteiger partial charge in [-0.05, 0) is 74.5 Å². The summed E-state index contributed by atoms with van der Waals surface area (Å²) in [4.78, 5) is 16.7. The van der Waals surface area contributed by atoms with Gasteiger partial charge in [-0.15, -0.1) is 0 Å². The van der Waals surface area contributed by atoms with Crippen molar-refractivity contribution in [3.8, 4) is 11.5 Å². The lowest BCUT2D eigenvalue weighted by Gasteiger charge is -2.11. The van der Waals surface area contributed by atoms with Gasteiger partial charge in [0.05, 0.1) is 13.2 Å². The maximum atomic E-state index is 12.5. The molecule has 6 heteroatoms. The van der Waals surface area contributed by atoms with Crippen molar-refractivity contribution in [1.29, 1.82) is 0 Å². The summed E-state index contributed by atoms with van der Waals surface area (Å²) in [5.74, 6) is 1.26. The van der Waals surface area contributed by atoms with Gasteiger partial charge in [-0.3, -0.25) is 9.78 Å². The van der Waals surface area contributed by atoms with E-state index < -0.39 is 0 Å². The van der Waals surface area contributed by atoms with Gasteiger partial charge in [0.25, 0.3) is 5.91 Å². The van der Waals surface area contributed by atoms with E-state index in [-0.39, 0.29) is 12.0 Å². The number of carbonyl (C=O) groups excluding carboxylic acids is 1. The molecule has 0 saturated heterocycles. The molecular weight excluding hydrogens is 354 g/mol. The summed E-state index contributed by atoms with van der Waals surface area (Å²) < 4.78 is 10.8. The summed E-state index contributed by atoms with van der Waals surface area (Å²) in [6.07, 6.45) is 1.70. The fraction of sp³-hybridized carbons (Fsp3) is 0.182. The normalized spacial score (nSPS) is 10.4. The van der Waals surface area contributed by atoms with Gasteiger partial charge >= 0.3 is 0 Å². The number of rotatable bonds is 7. The second-order valence-corrected chi connectivity index (χ2v) is 6.43. The molecule has 2 aromatic carbocycles. The predicted molar refractivity (Wildman–Crippen MR) is 111 cm³/mol. The van der Waals surface area contributed by atoms with E-state index in [4.69, 9.17) is 9.47 Å². The van der Waals surface area contributed by atoms with E-state index in [0.29, 0.717) is 11.4 Å². The van der Waals surface area contributed by atoms with Gasteiger partial charge in [0.15, 0.2) is 0 Å². The maximum Gasteiger partial charge on any atom is 0.274 e. The number of amides is 1. The molecule has 0 saturated carbocycles. The Morgan fingerprint density at radius 1 is 0.893 bits per heavy atom. The van der Waals surface area contributed by atoms with Crippen LogP contribution in [0.4, 0.5) is 17.1 Å². The van der Waals surface area contributed by atoms with Gasteiger partial charge in [0, 0.05) is 23.3 Å². The van der Waals surface area contributed by atoms with Gasteiger partial charge < -0.3 is 20.1 Å². The number of hydrogen-bond donors (Lipinski definition) is 2. The monoisotopic (exact) mass is 377 g/mol. The highest BCUT2D eigenvalue weighted by molar-refractivity contribution is 6.03. The minimum atomic E-state index is -0.282. The van der Waals surface area contributed by atoms with Gasteiger partial charge in [-0.25, -0.2) is 0 Å². The molecule has 0 atom stereocenters. The summed E-state index contributed by atoms with van der Waals surface area (Å²) in [6, 6.07) is 18.3. The second kappa shape index (κ2) is 8.90. The lowest BCUT2D eigenvalue weighted by molar-refractivity contribution is 0.102. The molecule has 28 heavy (non-hydrogen) atoms. The van der Waals surface area contributed by atoms with Crippen LogP contribution in [0.15, 0.2) is 66.9 Å². The van der Waals surface area contributed by atoms with Crippen molar-refractivity contribution >= 4 is 23.0 Å². The molecule has 0 unspecified atom stereocenters. The standard InChI is InChI=1S/C22H23N3O3/c1-15(2)28-20-10-6-17(7-11-20)25-22(26)21-14-18(12-13-23-21)24-16-4-8-19(27-3)9-5-16/h4-15H,1-3H3,(H,23,24)(H,25,26). The largest absolute Gasteiger partial charge is 0.497 e. The first kappa shape index (κ1) is 19.2. The molecule has 3 rings (SSSR count). The number of anilines is 3. The smallest absolute Gasteiger partial charge is 0.274 e. The number of nitrogens with one attached hydrogen (secondary N) is 2. The highest BCUT2D eigenvalue weighted by Crippen LogP contribution is 2.21. The Morgan fingerprint density at radius 2 is 1.54 bits per heavy atom. The van der Waals surface area contributed by atoms with Crippen molar-refractivity contribution < 1.29 is 14.3 Å². The van der Waals surface area contributed by atoms with Crippen molar-refractivity contribution in [3.63, 3.8) is 0 Å². The first-order valence-electron chi connectivity index (χ1n) is 8.98. The van der Waals surface area contributed by atoms with Gasteiger partial charge in [0.2, 0.25) is 0 Å². The molecule has 144 valence electrons. The molecular formula is C22H23N3O3. The van der Waals surface area contributed by atoms with Crippen LogP contribution in [0.3, 0.4) is 0 Å². The van der Waals surface area contributed by atoms with E-state index in [9.17, 15) is 4.79 Å². The summed E-state index contributed by atoms with van der Waals surface area (Å²) in [6.45, 7) is 3.93. The number of aromatic nitrogens is 1. The number of ether oxygens (including phenoxy) is 2. The highest BCUT2D eigenvalue weighted by atomic mass is 16.5. The number of carbonyl (C=O) groups is 1. The molecule has 3 aromatic rings. The van der Waals surface area contributed by atoms with Gasteiger partial charge in [0.1, 0.15) is 17.2 Å². The van der Waals surface area contributed by atoms with Crippen LogP contribution in [0.2, 0.25) is 0 Å². The second-order valence-electron chi connectivity index (χ2n) is 6.43. The third kappa shape index (κ3) is 5.23. The van der Waals surface area contributed by atoms with Crippen molar-refractivity contribution in [3.05, 3.63) is 72.6 Å². The van der Waals surface area contributed by atoms with Crippen molar-refractivity contribution in [1.82, 2.24) is 4.98 Å². The van der Waals surface area contributed by atoms with E-state index in [1.54, 1.807) is 37.6 Å². The highest BCUT2D eigenvalue weighted by Gasteiger charge is 2.09. The molecule has 0 radical (unpaired) electrons. The molecule has 6 nitrogen and oxygen atoms in total. The summed E-state index contributed by atoms with van der Waals surface area (Å²) in [5.41, 5.74) is 2.66. The number of nitrogens with zero attached hydrogens (tertiary/aromatic N) is 1. The fourth-order valence-corrected chi connectivity index (χ4v) is 2.56. The molecule has 0 bridgehead atoms. The zero-order chi connectivity index (χ0) is 19.9. The third-order valence-electron chi connectivity index (χ3n) is 3.86. The minimum Gasteiger partial charge on any atom is -0.497 e. The van der Waals surface area contributed by atoms with Crippen LogP contribution in [-0.4, -0.2) is 24.1 Å². The first-order valence-corrected chi connectivity index (χ1v) is 8.98. The molecule has 1 aromatic heterocycles. The molecule has 0 fully saturated rings. The predicted octanol–water partition coefficient (Wildman–Crippen LogP) is 4.87. The van der Waals surface area contributed by atoms with Crippen LogP contribution in [0.5, 0.6) is 11.5 Å². The molecule has 0 spiro atoms. The van der Waals surface area contributed by atoms with Crippen LogP contribution >= 0.6 is 0 Å². The van der Waals surface area contributed by atoms with Crippen LogP contribution in [0.25, 0.3) is 0 Å². The number of pyridine rings is 1. The molecule has 0 aliphatic carbocycles. The van der Waals surface area contributed by atoms with Crippen LogP contribution < -0.4 is 20.1 Å². The van der Waals surface area contributed by atoms with Crippen molar-refractivity contribution in [2.75, 3.05) is 17.7 Å². The van der Waals surface area contributed by atoms with Gasteiger partial charge in [-0.2, -0.15) is 0 Å². The summed E-state index contributed by atoms with van der Waals surface area (Å²) in [7, 11) is 1.63. The maximum absolute atomic E-state index is 12.5. The Labute approximate surface area is 164 Å². The SMILES string of the molecule is COc1ccc(Nc2ccnc(C(=O)Nc3ccc(OC(C)C)cc3)c2)cc1. The zero-order valence-corrected chi connectivity index (χ0v) is 16.1. The number of benzene rings is 2. The molecule has 0 aliphatic heterocycles. The number of methoxy groups -OCH3 is 1. The Balaban J connectivity index is 1.66. The Hall–Kier alpha value is -3.54. The van der Waals surface area contributed by atoms with Crippen molar-refractivity contribution in [2.24, 2.45) is 0 Å². The van der Waals surface area contributed by atoms with E-state index in [0.717, 1.165) is 22.9 Å². The Kier molecular flexibility index (Phi) is 6.11. The fourth-order valence-electron chi connectivity index (χ4n) is 2.56. The van der Waals surface area contributed by atoms with Crippen LogP contribution in [0, 0.1) is 0 Å². The molecule has 2 N–H and O–H groups in total. The summed E-state index contributed by atoms with van der Waals surface area (Å²) in [5, 5.41) is 6.09. The average Bonchev–Trinajstić information content (AvgIpc) is 2.70. The van der Waals surface area contributed by atoms with Crippen LogP contribution in [0.1, 0.15) is 24.3 Å². The molecule has 1 amide bonds. The minimum absolute atomic E-state index is 0.102. The van der Waals surface area contributed by atoms with E-state index >= 15 is 0 Å². The average molecular weight is 377 g/mol. The van der Waals surface area contributed by atoms with Crippen LogP contribution in [-0.2, 0) is 0 Å². The van der Waals surface area contributed by atoms with E-state index in [1.165, 1.54) is 0 Å². The zero-order valence-electron chi connectivity index (χ0n) is 16.1. The van der Waals surface area contributed by atoms with E-state index in [1.807, 2.05) is 50.2 Å². The lowest BCUT2D eigenvalue weighted by atomic mass is 10.2. The molecule has 1 heterocycles. The Morgan fingerprint density at radius 3 is 2.18 bits per heavy atom. The van der Waals surface area contributed by atoms with E-state index in [2.05, 4.69) is 15.6 Å².